The summed E-state index contributed by atoms with van der Waals surface area (Å²) in [5.74, 6) is 3.00. The molecule has 0 aromatic heterocycles. The molecule has 236 valence electrons. The van der Waals surface area contributed by atoms with E-state index in [2.05, 4.69) is 6.08 Å². The Morgan fingerprint density at radius 2 is 1.19 bits per heavy atom. The quantitative estimate of drug-likeness (QED) is 0.448. The SMILES string of the molecule is CC1(C)OC[C@@H]2[C@@H]3C(C(=O)N21)C31CC1.CC1(C)OC[C@@H]2[C@H]3C(C(=O)N21)C31CC1.CCC(=O)N1[C@@H](C=C2CC2)COC1(C)C. The third-order valence-electron chi connectivity index (χ3n) is 12.7. The average Bonchev–Trinajstić information content (AvgIpc) is 3.80. The van der Waals surface area contributed by atoms with Gasteiger partial charge in [0.15, 0.2) is 0 Å². The lowest BCUT2D eigenvalue weighted by atomic mass is 10.1. The highest BCUT2D eigenvalue weighted by atomic mass is 16.5. The lowest BCUT2D eigenvalue weighted by molar-refractivity contribution is -0.146. The molecule has 5 heterocycles. The molecule has 0 bridgehead atoms. The van der Waals surface area contributed by atoms with Crippen molar-refractivity contribution in [2.24, 2.45) is 34.5 Å². The normalized spacial score (nSPS) is 42.0. The maximum Gasteiger partial charge on any atom is 0.229 e. The van der Waals surface area contributed by atoms with Crippen molar-refractivity contribution in [3.63, 3.8) is 0 Å². The van der Waals surface area contributed by atoms with Gasteiger partial charge in [-0.25, -0.2) is 0 Å². The molecule has 5 aliphatic carbocycles. The molecule has 7 atom stereocenters. The lowest BCUT2D eigenvalue weighted by Gasteiger charge is -2.32. The number of piperidine rings is 2. The van der Waals surface area contributed by atoms with E-state index in [1.165, 1.54) is 44.1 Å². The Morgan fingerprint density at radius 3 is 1.58 bits per heavy atom. The second kappa shape index (κ2) is 8.64. The van der Waals surface area contributed by atoms with Crippen molar-refractivity contribution in [3.05, 3.63) is 11.6 Å². The number of ether oxygens (including phenoxy) is 3. The number of carbonyl (C=O) groups is 3. The standard InChI is InChI=1S/C12H19NO2.2C11H15NO2/c1-4-11(14)13-10(7-9-5-6-9)8-15-12(13,2)3;2*1-10(2)12-6(5-14-10)7-8(9(12)13)11(7)3-4-11/h7,10H,4-6,8H2,1-3H3;2*6-8H,3-5H2,1-2H3/t10-;6-,7+,8?;6-,7-,8?/m011/s1. The van der Waals surface area contributed by atoms with Gasteiger partial charge in [0.2, 0.25) is 17.7 Å². The number of hydrogen-bond donors (Lipinski definition) is 0. The third-order valence-corrected chi connectivity index (χ3v) is 12.7. The number of amides is 3. The summed E-state index contributed by atoms with van der Waals surface area (Å²) in [4.78, 5) is 42.0. The first kappa shape index (κ1) is 28.5. The number of allylic oxidation sites excluding steroid dienone is 1. The van der Waals surface area contributed by atoms with Crippen LogP contribution in [0.1, 0.15) is 93.4 Å². The molecule has 0 aromatic rings. The van der Waals surface area contributed by atoms with Crippen LogP contribution in [0.5, 0.6) is 0 Å². The van der Waals surface area contributed by atoms with Crippen molar-refractivity contribution in [1.82, 2.24) is 14.7 Å². The minimum absolute atomic E-state index is 0.157. The Hall–Kier alpha value is -1.97. The lowest BCUT2D eigenvalue weighted by Crippen LogP contribution is -2.47. The summed E-state index contributed by atoms with van der Waals surface area (Å²) in [6, 6.07) is 0.972. The Bertz CT molecular complexity index is 1240. The number of rotatable bonds is 2. The number of carbonyl (C=O) groups excluding carboxylic acids is 3. The van der Waals surface area contributed by atoms with E-state index in [0.717, 1.165) is 13.2 Å². The van der Waals surface area contributed by atoms with Crippen LogP contribution in [0.15, 0.2) is 11.6 Å². The maximum absolute atomic E-state index is 12.1. The summed E-state index contributed by atoms with van der Waals surface area (Å²) >= 11 is 0. The molecule has 43 heavy (non-hydrogen) atoms. The molecule has 0 aromatic carbocycles. The van der Waals surface area contributed by atoms with Crippen LogP contribution < -0.4 is 0 Å². The zero-order chi connectivity index (χ0) is 30.5. The van der Waals surface area contributed by atoms with Crippen LogP contribution in [0.4, 0.5) is 0 Å². The summed E-state index contributed by atoms with van der Waals surface area (Å²) in [6.45, 7) is 16.0. The van der Waals surface area contributed by atoms with E-state index < -0.39 is 5.72 Å². The molecule has 5 saturated carbocycles. The second-order valence-corrected chi connectivity index (χ2v) is 16.3. The zero-order valence-electron chi connectivity index (χ0n) is 27.0. The molecule has 2 spiro atoms. The van der Waals surface area contributed by atoms with Crippen molar-refractivity contribution >= 4 is 17.7 Å². The fourth-order valence-corrected chi connectivity index (χ4v) is 10.1. The van der Waals surface area contributed by atoms with Gasteiger partial charge in [-0.1, -0.05) is 18.6 Å². The fraction of sp³-hybridized carbons (Fsp3) is 0.853. The van der Waals surface area contributed by atoms with Gasteiger partial charge in [-0.15, -0.1) is 0 Å². The van der Waals surface area contributed by atoms with Crippen LogP contribution in [0.2, 0.25) is 0 Å². The predicted octanol–water partition coefficient (Wildman–Crippen LogP) is 4.06. The summed E-state index contributed by atoms with van der Waals surface area (Å²) in [5, 5.41) is 0. The average molecular weight is 596 g/mol. The molecule has 0 N–H and O–H groups in total. The van der Waals surface area contributed by atoms with Gasteiger partial charge in [0.1, 0.15) is 17.2 Å². The van der Waals surface area contributed by atoms with E-state index in [1.54, 1.807) is 0 Å². The first-order valence-electron chi connectivity index (χ1n) is 16.8. The molecular weight excluding hydrogens is 546 g/mol. The van der Waals surface area contributed by atoms with Crippen LogP contribution in [-0.4, -0.2) is 87.5 Å². The van der Waals surface area contributed by atoms with Gasteiger partial charge >= 0.3 is 0 Å². The molecule has 10 fully saturated rings. The van der Waals surface area contributed by atoms with E-state index in [0.29, 0.717) is 71.4 Å². The van der Waals surface area contributed by atoms with Crippen LogP contribution in [0.25, 0.3) is 0 Å². The van der Waals surface area contributed by atoms with Gasteiger partial charge in [-0.05, 0) is 90.9 Å². The summed E-state index contributed by atoms with van der Waals surface area (Å²) < 4.78 is 17.1. The van der Waals surface area contributed by atoms with Crippen molar-refractivity contribution in [3.8, 4) is 0 Å². The highest BCUT2D eigenvalue weighted by molar-refractivity contribution is 5.89. The zero-order valence-corrected chi connectivity index (χ0v) is 27.0. The van der Waals surface area contributed by atoms with Crippen LogP contribution in [0.3, 0.4) is 0 Å². The van der Waals surface area contributed by atoms with Gasteiger partial charge in [0, 0.05) is 30.1 Å². The topological polar surface area (TPSA) is 88.6 Å². The van der Waals surface area contributed by atoms with Crippen molar-refractivity contribution in [2.45, 2.75) is 129 Å². The smallest absolute Gasteiger partial charge is 0.229 e. The van der Waals surface area contributed by atoms with Gasteiger partial charge in [-0.2, -0.15) is 0 Å². The number of fused-ring (bicyclic) bond motifs is 10. The maximum atomic E-state index is 12.1. The summed E-state index contributed by atoms with van der Waals surface area (Å²) in [7, 11) is 0. The van der Waals surface area contributed by atoms with Crippen LogP contribution in [-0.2, 0) is 28.6 Å². The first-order valence-corrected chi connectivity index (χ1v) is 16.8. The molecule has 5 aliphatic heterocycles. The molecule has 2 unspecified atom stereocenters. The van der Waals surface area contributed by atoms with Crippen LogP contribution in [0, 0.1) is 34.5 Å². The van der Waals surface area contributed by atoms with Gasteiger partial charge in [-0.3, -0.25) is 14.4 Å². The van der Waals surface area contributed by atoms with E-state index >= 15 is 0 Å². The molecule has 5 saturated heterocycles. The Kier molecular flexibility index (Phi) is 5.72. The minimum Gasteiger partial charge on any atom is -0.354 e. The monoisotopic (exact) mass is 595 g/mol. The largest absolute Gasteiger partial charge is 0.354 e. The Balaban J connectivity index is 0.0000000969. The molecule has 0 radical (unpaired) electrons. The third kappa shape index (κ3) is 3.95. The van der Waals surface area contributed by atoms with Gasteiger partial charge in [0.05, 0.1) is 37.9 Å². The van der Waals surface area contributed by atoms with Crippen molar-refractivity contribution in [2.75, 3.05) is 19.8 Å². The second-order valence-electron chi connectivity index (χ2n) is 16.3. The number of hydrogen-bond acceptors (Lipinski definition) is 6. The van der Waals surface area contributed by atoms with E-state index in [-0.39, 0.29) is 23.4 Å². The molecule has 10 rings (SSSR count). The summed E-state index contributed by atoms with van der Waals surface area (Å²) in [5.41, 5.74) is 1.29. The van der Waals surface area contributed by atoms with Gasteiger partial charge in [0.25, 0.3) is 0 Å². The first-order chi connectivity index (χ1) is 20.2. The highest BCUT2D eigenvalue weighted by Gasteiger charge is 2.84. The molecule has 9 nitrogen and oxygen atoms in total. The number of nitrogens with zero attached hydrogens (tertiary/aromatic N) is 3. The molecule has 9 heteroatoms. The van der Waals surface area contributed by atoms with E-state index in [1.807, 2.05) is 63.2 Å². The van der Waals surface area contributed by atoms with Crippen molar-refractivity contribution in [1.29, 1.82) is 0 Å². The molecular formula is C34H49N3O6. The molecule has 3 amide bonds. The Morgan fingerprint density at radius 1 is 0.744 bits per heavy atom. The molecule has 10 aliphatic rings. The van der Waals surface area contributed by atoms with Crippen LogP contribution >= 0.6 is 0 Å². The highest BCUT2D eigenvalue weighted by Crippen LogP contribution is 2.81. The fourth-order valence-electron chi connectivity index (χ4n) is 10.1. The predicted molar refractivity (Wildman–Crippen MR) is 157 cm³/mol. The minimum atomic E-state index is -0.441. The van der Waals surface area contributed by atoms with Gasteiger partial charge < -0.3 is 28.9 Å². The van der Waals surface area contributed by atoms with Crippen molar-refractivity contribution < 1.29 is 28.6 Å². The van der Waals surface area contributed by atoms with E-state index in [4.69, 9.17) is 14.2 Å². The van der Waals surface area contributed by atoms with E-state index in [9.17, 15) is 14.4 Å². The Labute approximate surface area is 255 Å². The summed E-state index contributed by atoms with van der Waals surface area (Å²) in [6.07, 6.45) is 10.3.